The summed E-state index contributed by atoms with van der Waals surface area (Å²) < 4.78 is 11.4. The number of nitrogens with one attached hydrogen (secondary N) is 1. The minimum Gasteiger partial charge on any atom is -0.504 e. The molecule has 1 aliphatic carbocycles. The van der Waals surface area contributed by atoms with Crippen LogP contribution < -0.4 is 9.47 Å². The van der Waals surface area contributed by atoms with E-state index in [9.17, 15) is 20.1 Å². The van der Waals surface area contributed by atoms with E-state index in [1.807, 2.05) is 36.7 Å². The summed E-state index contributed by atoms with van der Waals surface area (Å²) in [6.45, 7) is 1.71. The van der Waals surface area contributed by atoms with E-state index in [0.29, 0.717) is 37.2 Å². The third-order valence-corrected chi connectivity index (χ3v) is 8.51. The van der Waals surface area contributed by atoms with Gasteiger partial charge < -0.3 is 29.8 Å². The van der Waals surface area contributed by atoms with Crippen molar-refractivity contribution < 1.29 is 29.6 Å². The molecule has 1 fully saturated rings. The van der Waals surface area contributed by atoms with Crippen molar-refractivity contribution in [2.24, 2.45) is 16.8 Å². The molecule has 4 N–H and O–H groups in total. The van der Waals surface area contributed by atoms with E-state index in [4.69, 9.17) is 9.47 Å². The van der Waals surface area contributed by atoms with Gasteiger partial charge in [-0.2, -0.15) is 0 Å². The molecule has 1 aromatic heterocycles. The minimum atomic E-state index is -0.884. The second-order valence-electron chi connectivity index (χ2n) is 11.7. The Morgan fingerprint density at radius 3 is 2.35 bits per heavy atom. The Balaban J connectivity index is 1.33. The largest absolute Gasteiger partial charge is 0.504 e. The van der Waals surface area contributed by atoms with Crippen LogP contribution in [0.1, 0.15) is 55.2 Å². The van der Waals surface area contributed by atoms with Gasteiger partial charge >= 0.3 is 0 Å². The predicted molar refractivity (Wildman–Crippen MR) is 166 cm³/mol. The lowest BCUT2D eigenvalue weighted by atomic mass is 9.82. The molecule has 0 spiro atoms. The van der Waals surface area contributed by atoms with Crippen molar-refractivity contribution >= 4 is 12.0 Å². The number of aromatic amines is 1. The molecule has 3 aromatic rings. The molecule has 0 unspecified atom stereocenters. The van der Waals surface area contributed by atoms with Gasteiger partial charge in [0.1, 0.15) is 17.9 Å². The third-order valence-electron chi connectivity index (χ3n) is 8.51. The van der Waals surface area contributed by atoms with Crippen LogP contribution in [0.25, 0.3) is 0 Å². The van der Waals surface area contributed by atoms with Crippen LogP contribution in [0.4, 0.5) is 0 Å². The monoisotopic (exact) mass is 585 g/mol. The number of allylic oxidation sites excluding steroid dienone is 1. The number of ether oxygens (including phenoxy) is 2. The lowest BCUT2D eigenvalue weighted by Crippen LogP contribution is -2.30. The van der Waals surface area contributed by atoms with Gasteiger partial charge in [0.15, 0.2) is 29.2 Å². The fourth-order valence-electron chi connectivity index (χ4n) is 6.10. The number of aromatic hydroxyl groups is 2. The molecule has 8 nitrogen and oxygen atoms in total. The van der Waals surface area contributed by atoms with Crippen molar-refractivity contribution in [2.75, 3.05) is 7.11 Å². The molecule has 3 atom stereocenters. The predicted octanol–water partition coefficient (Wildman–Crippen LogP) is 5.90. The summed E-state index contributed by atoms with van der Waals surface area (Å²) in [5, 5.41) is 32.1. The van der Waals surface area contributed by atoms with Gasteiger partial charge in [-0.05, 0) is 97.9 Å². The van der Waals surface area contributed by atoms with Gasteiger partial charge in [-0.15, -0.1) is 4.99 Å². The van der Waals surface area contributed by atoms with Crippen molar-refractivity contribution in [2.45, 2.75) is 70.0 Å². The zero-order valence-corrected chi connectivity index (χ0v) is 24.6. The van der Waals surface area contributed by atoms with Crippen LogP contribution in [0.15, 0.2) is 71.5 Å². The first kappa shape index (κ1) is 30.3. The standard InChI is InChI=1S/C35H40N2O6/c1-42-34-18-23(6-8-30(34)38)14-27(16-25-10-12-36-21-25)32(40)20-33(41)28(17-26-11-13-37-22-26)15-24-7-9-31(39)35(19-24)43-29-4-2-3-5-29/h6-13,18-19,21-22,27-29,33,37,41H,2-5,14-17,20H2,1H3,(H-,38,39)/p+1/t27-,28-,33+/m0/s1. The summed E-state index contributed by atoms with van der Waals surface area (Å²) in [7, 11) is 1.50. The zero-order valence-electron chi connectivity index (χ0n) is 24.6. The molecule has 0 amide bonds. The van der Waals surface area contributed by atoms with Gasteiger partial charge in [0, 0.05) is 31.2 Å². The normalized spacial score (nSPS) is 16.8. The number of methoxy groups -OCH3 is 1. The molecule has 0 bridgehead atoms. The number of phenols is 2. The maximum absolute atomic E-state index is 13.8. The Morgan fingerprint density at radius 1 is 0.977 bits per heavy atom. The van der Waals surface area contributed by atoms with Gasteiger partial charge in [0.2, 0.25) is 0 Å². The summed E-state index contributed by atoms with van der Waals surface area (Å²) in [6, 6.07) is 12.5. The first-order valence-electron chi connectivity index (χ1n) is 15.1. The fourth-order valence-corrected chi connectivity index (χ4v) is 6.10. The topological polar surface area (TPSA) is 124 Å². The molecular weight excluding hydrogens is 544 g/mol. The minimum absolute atomic E-state index is 0.00657. The molecule has 8 heteroatoms. The first-order chi connectivity index (χ1) is 20.9. The van der Waals surface area contributed by atoms with Gasteiger partial charge in [-0.25, -0.2) is 0 Å². The number of rotatable bonds is 15. The van der Waals surface area contributed by atoms with Crippen molar-refractivity contribution in [1.29, 1.82) is 0 Å². The number of aromatic nitrogens is 1. The van der Waals surface area contributed by atoms with Gasteiger partial charge in [-0.3, -0.25) is 4.79 Å². The van der Waals surface area contributed by atoms with E-state index in [1.54, 1.807) is 37.0 Å². The second kappa shape index (κ2) is 14.3. The zero-order chi connectivity index (χ0) is 30.2. The number of H-pyrrole nitrogens is 1. The highest BCUT2D eigenvalue weighted by atomic mass is 16.5. The number of nitrogens with zero attached hydrogens (tertiary/aromatic N) is 1. The Hall–Kier alpha value is -4.17. The molecule has 2 heterocycles. The summed E-state index contributed by atoms with van der Waals surface area (Å²) >= 11 is 0. The lowest BCUT2D eigenvalue weighted by molar-refractivity contribution is -0.125. The summed E-state index contributed by atoms with van der Waals surface area (Å²) in [5.41, 5.74) is 3.81. The van der Waals surface area contributed by atoms with Crippen LogP contribution in [0, 0.1) is 18.4 Å². The molecule has 2 aromatic carbocycles. The summed E-state index contributed by atoms with van der Waals surface area (Å²) in [6.07, 6.45) is 13.0. The van der Waals surface area contributed by atoms with Crippen LogP contribution >= 0.6 is 0 Å². The second-order valence-corrected chi connectivity index (χ2v) is 11.7. The van der Waals surface area contributed by atoms with Crippen molar-refractivity contribution in [1.82, 2.24) is 4.98 Å². The number of hydrogen-bond donors (Lipinski definition) is 4. The highest BCUT2D eigenvalue weighted by Gasteiger charge is 2.30. The first-order valence-corrected chi connectivity index (χ1v) is 15.1. The van der Waals surface area contributed by atoms with Crippen LogP contribution in [0.3, 0.4) is 0 Å². The number of aliphatic hydroxyl groups excluding tert-OH is 1. The Bertz CT molecular complexity index is 1420. The highest BCUT2D eigenvalue weighted by Crippen LogP contribution is 2.34. The summed E-state index contributed by atoms with van der Waals surface area (Å²) in [4.78, 5) is 21.1. The quantitative estimate of drug-likeness (QED) is 0.165. The van der Waals surface area contributed by atoms with E-state index in [0.717, 1.165) is 47.9 Å². The maximum Gasteiger partial charge on any atom is 0.176 e. The SMILES string of the molecule is COc1cc(C[C@@H](CC2=C[CH+]N=C2)C(=O)C[C@@H](O)[C@H](Cc2cc[nH]c2)Cc2ccc(O)c(OC3CCCC3)c2)ccc1O. The Kier molecular flexibility index (Phi) is 10.1. The van der Waals surface area contributed by atoms with E-state index >= 15 is 0 Å². The number of carbonyl (C=O) groups is 1. The number of phenolic OH excluding ortho intramolecular Hbond substituents is 2. The molecule has 0 radical (unpaired) electrons. The average Bonchev–Trinajstić information content (AvgIpc) is 3.80. The van der Waals surface area contributed by atoms with E-state index in [1.165, 1.54) is 7.11 Å². The molecule has 1 saturated carbocycles. The van der Waals surface area contributed by atoms with E-state index in [-0.39, 0.29) is 41.6 Å². The molecule has 226 valence electrons. The van der Waals surface area contributed by atoms with Crippen LogP contribution in [0.2, 0.25) is 0 Å². The number of hydrogen-bond acceptors (Lipinski definition) is 7. The lowest BCUT2D eigenvalue weighted by Gasteiger charge is -2.25. The number of ketones is 1. The van der Waals surface area contributed by atoms with E-state index < -0.39 is 6.10 Å². The van der Waals surface area contributed by atoms with Crippen molar-refractivity contribution in [3.63, 3.8) is 0 Å². The van der Waals surface area contributed by atoms with Crippen LogP contribution in [-0.2, 0) is 24.1 Å². The number of aliphatic imine (C=N–C) groups is 1. The molecule has 0 saturated heterocycles. The number of aliphatic hydroxyl groups is 1. The van der Waals surface area contributed by atoms with Crippen molar-refractivity contribution in [3.05, 3.63) is 89.7 Å². The molecule has 43 heavy (non-hydrogen) atoms. The van der Waals surface area contributed by atoms with Gasteiger partial charge in [-0.1, -0.05) is 12.1 Å². The van der Waals surface area contributed by atoms with Crippen LogP contribution in [0.5, 0.6) is 23.0 Å². The smallest absolute Gasteiger partial charge is 0.176 e. The van der Waals surface area contributed by atoms with Gasteiger partial charge in [0.25, 0.3) is 0 Å². The summed E-state index contributed by atoms with van der Waals surface area (Å²) in [5.74, 6) is 0.335. The number of carbonyl (C=O) groups excluding carboxylic acids is 1. The van der Waals surface area contributed by atoms with Crippen LogP contribution in [-0.4, -0.2) is 51.6 Å². The molecular formula is C35H41N2O6+. The van der Waals surface area contributed by atoms with Gasteiger partial charge in [0.05, 0.1) is 25.4 Å². The van der Waals surface area contributed by atoms with Crippen molar-refractivity contribution in [3.8, 4) is 23.0 Å². The number of benzene rings is 2. The fraction of sp³-hybridized carbons (Fsp3) is 0.400. The highest BCUT2D eigenvalue weighted by molar-refractivity contribution is 5.86. The number of Topliss-reactive ketones (excluding diaryl/α,β-unsaturated/α-hetero) is 1. The maximum atomic E-state index is 13.8. The molecule has 5 rings (SSSR count). The molecule has 1 aliphatic heterocycles. The Morgan fingerprint density at radius 2 is 1.67 bits per heavy atom. The Labute approximate surface area is 253 Å². The van der Waals surface area contributed by atoms with E-state index in [2.05, 4.69) is 9.98 Å². The average molecular weight is 586 g/mol. The third kappa shape index (κ3) is 8.23. The molecule has 2 aliphatic rings.